The maximum absolute atomic E-state index is 12.9. The third-order valence-corrected chi connectivity index (χ3v) is 3.73. The quantitative estimate of drug-likeness (QED) is 0.925. The Morgan fingerprint density at radius 2 is 1.62 bits per heavy atom. The van der Waals surface area contributed by atoms with Gasteiger partial charge in [-0.2, -0.15) is 0 Å². The van der Waals surface area contributed by atoms with E-state index in [9.17, 15) is 4.79 Å². The minimum Gasteiger partial charge on any atom is -0.386 e. The largest absolute Gasteiger partial charge is 0.386 e. The standard InChI is InChI=1S/C18H22N2O/c1-12-10-13(2)17(14(3)11-12)18(21)20(5)16-9-7-6-8-15(16)19-4/h6-11,19H,1-5H3. The molecule has 1 amide bonds. The topological polar surface area (TPSA) is 32.3 Å². The van der Waals surface area contributed by atoms with E-state index in [0.717, 1.165) is 28.1 Å². The summed E-state index contributed by atoms with van der Waals surface area (Å²) >= 11 is 0. The Morgan fingerprint density at radius 3 is 2.19 bits per heavy atom. The van der Waals surface area contributed by atoms with Crippen molar-refractivity contribution in [1.29, 1.82) is 0 Å². The molecule has 0 fully saturated rings. The Labute approximate surface area is 126 Å². The van der Waals surface area contributed by atoms with Gasteiger partial charge >= 0.3 is 0 Å². The molecule has 0 bridgehead atoms. The first-order valence-corrected chi connectivity index (χ1v) is 7.08. The lowest BCUT2D eigenvalue weighted by Crippen LogP contribution is -2.28. The van der Waals surface area contributed by atoms with E-state index in [0.29, 0.717) is 0 Å². The number of para-hydroxylation sites is 2. The number of carbonyl (C=O) groups is 1. The first-order chi connectivity index (χ1) is 9.95. The van der Waals surface area contributed by atoms with Gasteiger partial charge in [0.15, 0.2) is 0 Å². The van der Waals surface area contributed by atoms with Crippen LogP contribution < -0.4 is 10.2 Å². The molecule has 2 aromatic carbocycles. The summed E-state index contributed by atoms with van der Waals surface area (Å²) in [4.78, 5) is 14.6. The van der Waals surface area contributed by atoms with Crippen LogP contribution in [0.3, 0.4) is 0 Å². The molecule has 0 saturated heterocycles. The highest BCUT2D eigenvalue weighted by molar-refractivity contribution is 6.09. The molecular weight excluding hydrogens is 260 g/mol. The molecule has 0 aliphatic carbocycles. The molecule has 0 aromatic heterocycles. The molecule has 0 atom stereocenters. The van der Waals surface area contributed by atoms with E-state index in [4.69, 9.17) is 0 Å². The maximum Gasteiger partial charge on any atom is 0.258 e. The van der Waals surface area contributed by atoms with E-state index >= 15 is 0 Å². The average molecular weight is 282 g/mol. The third-order valence-electron chi connectivity index (χ3n) is 3.73. The molecule has 1 N–H and O–H groups in total. The fraction of sp³-hybridized carbons (Fsp3) is 0.278. The first kappa shape index (κ1) is 15.1. The number of nitrogens with one attached hydrogen (secondary N) is 1. The van der Waals surface area contributed by atoms with Crippen LogP contribution in [0.15, 0.2) is 36.4 Å². The molecule has 2 aromatic rings. The average Bonchev–Trinajstić information content (AvgIpc) is 2.45. The number of nitrogens with zero attached hydrogens (tertiary/aromatic N) is 1. The van der Waals surface area contributed by atoms with E-state index in [2.05, 4.69) is 17.4 Å². The van der Waals surface area contributed by atoms with E-state index in [1.807, 2.05) is 59.1 Å². The van der Waals surface area contributed by atoms with Crippen molar-refractivity contribution >= 4 is 17.3 Å². The number of anilines is 2. The number of aryl methyl sites for hydroxylation is 3. The molecule has 0 radical (unpaired) electrons. The van der Waals surface area contributed by atoms with Crippen LogP contribution >= 0.6 is 0 Å². The van der Waals surface area contributed by atoms with Crippen molar-refractivity contribution in [2.24, 2.45) is 0 Å². The Hall–Kier alpha value is -2.29. The lowest BCUT2D eigenvalue weighted by atomic mass is 9.98. The van der Waals surface area contributed by atoms with Gasteiger partial charge in [-0.05, 0) is 44.0 Å². The van der Waals surface area contributed by atoms with Crippen LogP contribution in [0.25, 0.3) is 0 Å². The van der Waals surface area contributed by atoms with Crippen LogP contribution in [0.2, 0.25) is 0 Å². The first-order valence-electron chi connectivity index (χ1n) is 7.08. The highest BCUT2D eigenvalue weighted by atomic mass is 16.2. The van der Waals surface area contributed by atoms with Crippen molar-refractivity contribution < 1.29 is 4.79 Å². The van der Waals surface area contributed by atoms with Crippen LogP contribution in [-0.4, -0.2) is 20.0 Å². The van der Waals surface area contributed by atoms with Crippen molar-refractivity contribution in [2.45, 2.75) is 20.8 Å². The smallest absolute Gasteiger partial charge is 0.258 e. The third kappa shape index (κ3) is 2.92. The van der Waals surface area contributed by atoms with Crippen LogP contribution in [0, 0.1) is 20.8 Å². The maximum atomic E-state index is 12.9. The minimum absolute atomic E-state index is 0.0210. The van der Waals surface area contributed by atoms with Crippen molar-refractivity contribution in [3.05, 3.63) is 58.7 Å². The zero-order chi connectivity index (χ0) is 15.6. The van der Waals surface area contributed by atoms with Gasteiger partial charge < -0.3 is 10.2 Å². The van der Waals surface area contributed by atoms with Gasteiger partial charge in [-0.15, -0.1) is 0 Å². The SMILES string of the molecule is CNc1ccccc1N(C)C(=O)c1c(C)cc(C)cc1C. The number of hydrogen-bond acceptors (Lipinski definition) is 2. The lowest BCUT2D eigenvalue weighted by molar-refractivity contribution is 0.0992. The zero-order valence-electron chi connectivity index (χ0n) is 13.3. The highest BCUT2D eigenvalue weighted by Gasteiger charge is 2.19. The van der Waals surface area contributed by atoms with E-state index in [1.165, 1.54) is 5.56 Å². The van der Waals surface area contributed by atoms with Gasteiger partial charge in [-0.3, -0.25) is 4.79 Å². The fourth-order valence-corrected chi connectivity index (χ4v) is 2.77. The predicted octanol–water partition coefficient (Wildman–Crippen LogP) is 3.93. The van der Waals surface area contributed by atoms with Crippen LogP contribution in [0.1, 0.15) is 27.0 Å². The summed E-state index contributed by atoms with van der Waals surface area (Å²) in [7, 11) is 3.68. The number of amides is 1. The Kier molecular flexibility index (Phi) is 4.32. The molecule has 0 heterocycles. The summed E-state index contributed by atoms with van der Waals surface area (Å²) in [6, 6.07) is 11.9. The monoisotopic (exact) mass is 282 g/mol. The zero-order valence-corrected chi connectivity index (χ0v) is 13.3. The predicted molar refractivity (Wildman–Crippen MR) is 89.4 cm³/mol. The Morgan fingerprint density at radius 1 is 1.05 bits per heavy atom. The molecule has 2 rings (SSSR count). The molecule has 3 heteroatoms. The number of rotatable bonds is 3. The van der Waals surface area contributed by atoms with Gasteiger partial charge in [0.1, 0.15) is 0 Å². The molecule has 0 unspecified atom stereocenters. The summed E-state index contributed by atoms with van der Waals surface area (Å²) < 4.78 is 0. The molecule has 0 saturated carbocycles. The van der Waals surface area contributed by atoms with Crippen LogP contribution in [-0.2, 0) is 0 Å². The van der Waals surface area contributed by atoms with Crippen molar-refractivity contribution in [1.82, 2.24) is 0 Å². The summed E-state index contributed by atoms with van der Waals surface area (Å²) in [5, 5.41) is 3.13. The van der Waals surface area contributed by atoms with Gasteiger partial charge in [0, 0.05) is 19.7 Å². The molecule has 21 heavy (non-hydrogen) atoms. The van der Waals surface area contributed by atoms with Crippen LogP contribution in [0.5, 0.6) is 0 Å². The molecule has 0 aliphatic heterocycles. The van der Waals surface area contributed by atoms with E-state index in [1.54, 1.807) is 4.90 Å². The number of carbonyl (C=O) groups excluding carboxylic acids is 1. The highest BCUT2D eigenvalue weighted by Crippen LogP contribution is 2.27. The van der Waals surface area contributed by atoms with E-state index < -0.39 is 0 Å². The van der Waals surface area contributed by atoms with E-state index in [-0.39, 0.29) is 5.91 Å². The molecule has 0 aliphatic rings. The fourth-order valence-electron chi connectivity index (χ4n) is 2.77. The second-order valence-electron chi connectivity index (χ2n) is 5.41. The summed E-state index contributed by atoms with van der Waals surface area (Å²) in [5.41, 5.74) is 5.83. The van der Waals surface area contributed by atoms with Crippen LogP contribution in [0.4, 0.5) is 11.4 Å². The summed E-state index contributed by atoms with van der Waals surface area (Å²) in [6.45, 7) is 6.03. The molecule has 3 nitrogen and oxygen atoms in total. The molecule has 0 spiro atoms. The number of benzene rings is 2. The van der Waals surface area contributed by atoms with Gasteiger partial charge in [0.2, 0.25) is 0 Å². The Bertz CT molecular complexity index is 654. The van der Waals surface area contributed by atoms with Gasteiger partial charge in [0.25, 0.3) is 5.91 Å². The Balaban J connectivity index is 2.45. The van der Waals surface area contributed by atoms with Crippen molar-refractivity contribution in [3.63, 3.8) is 0 Å². The van der Waals surface area contributed by atoms with Gasteiger partial charge in [-0.25, -0.2) is 0 Å². The summed E-state index contributed by atoms with van der Waals surface area (Å²) in [5.74, 6) is 0.0210. The normalized spacial score (nSPS) is 10.3. The second kappa shape index (κ2) is 6.00. The lowest BCUT2D eigenvalue weighted by Gasteiger charge is -2.22. The number of hydrogen-bond donors (Lipinski definition) is 1. The van der Waals surface area contributed by atoms with Crippen molar-refractivity contribution in [3.8, 4) is 0 Å². The van der Waals surface area contributed by atoms with Gasteiger partial charge in [-0.1, -0.05) is 29.8 Å². The van der Waals surface area contributed by atoms with Gasteiger partial charge in [0.05, 0.1) is 11.4 Å². The summed E-state index contributed by atoms with van der Waals surface area (Å²) in [6.07, 6.45) is 0. The minimum atomic E-state index is 0.0210. The van der Waals surface area contributed by atoms with Crippen molar-refractivity contribution in [2.75, 3.05) is 24.3 Å². The molecule has 110 valence electrons. The second-order valence-corrected chi connectivity index (χ2v) is 5.41. The molecular formula is C18H22N2O.